The highest BCUT2D eigenvalue weighted by atomic mass is 16.7. The Bertz CT molecular complexity index is 1450. The highest BCUT2D eigenvalue weighted by molar-refractivity contribution is 5.70. The van der Waals surface area contributed by atoms with Gasteiger partial charge >= 0.3 is 5.97 Å². The van der Waals surface area contributed by atoms with Crippen LogP contribution in [0.25, 0.3) is 0 Å². The van der Waals surface area contributed by atoms with Crippen LogP contribution in [0.4, 0.5) is 0 Å². The van der Waals surface area contributed by atoms with Crippen LogP contribution in [0, 0.1) is 47.3 Å². The first-order valence-electron chi connectivity index (χ1n) is 21.8. The lowest BCUT2D eigenvalue weighted by Crippen LogP contribution is -2.65. The molecule has 0 saturated carbocycles. The molecule has 0 aliphatic carbocycles. The van der Waals surface area contributed by atoms with Crippen LogP contribution in [0.2, 0.25) is 0 Å². The SMILES string of the molecule is CO[C@@H]1[C@H](C)[C@H]([C@]2(C)CC[C@H]([C@]3(C)CC[C@]4(C[C@H](OC)[C@@H](C)[C@@H]([C@@H](C)[C@H]5O[C@@](O)([C@@H](C)C(=O)O)[C@H](C)[C@@H](OC)[C@H]5C)O4)O3)O2)O[C@H]1[C@H]1O[C@](C)(O)[C@H](C)[C@@H](OC)[C@@H]1C. The lowest BCUT2D eigenvalue weighted by Gasteiger charge is -2.55. The van der Waals surface area contributed by atoms with Crippen molar-refractivity contribution in [2.45, 2.75) is 198 Å². The third-order valence-corrected chi connectivity index (χ3v) is 16.3. The molecule has 0 bridgehead atoms. The summed E-state index contributed by atoms with van der Waals surface area (Å²) in [5, 5.41) is 33.1. The van der Waals surface area contributed by atoms with Gasteiger partial charge in [-0.25, -0.2) is 0 Å². The minimum atomic E-state index is -1.95. The van der Waals surface area contributed by atoms with Crippen LogP contribution in [-0.4, -0.2) is 139 Å². The number of hydrogen-bond acceptors (Lipinski definition) is 13. The first kappa shape index (κ1) is 46.5. The van der Waals surface area contributed by atoms with E-state index in [4.69, 9.17) is 47.4 Å². The fraction of sp³-hybridized carbons (Fsp3) is 0.977. The van der Waals surface area contributed by atoms with Gasteiger partial charge in [0.15, 0.2) is 17.4 Å². The van der Waals surface area contributed by atoms with Crippen molar-refractivity contribution in [3.05, 3.63) is 0 Å². The van der Waals surface area contributed by atoms with Crippen molar-refractivity contribution in [2.75, 3.05) is 28.4 Å². The van der Waals surface area contributed by atoms with Gasteiger partial charge in [0.2, 0.25) is 0 Å². The second kappa shape index (κ2) is 16.6. The van der Waals surface area contributed by atoms with Gasteiger partial charge in [-0.05, 0) is 47.0 Å². The lowest BCUT2D eigenvalue weighted by molar-refractivity contribution is -0.366. The summed E-state index contributed by atoms with van der Waals surface area (Å²) in [6, 6.07) is 0. The van der Waals surface area contributed by atoms with Gasteiger partial charge in [-0.2, -0.15) is 0 Å². The molecule has 0 aromatic rings. The van der Waals surface area contributed by atoms with Crippen LogP contribution in [0.5, 0.6) is 0 Å². The lowest BCUT2D eigenvalue weighted by atomic mass is 9.71. The summed E-state index contributed by atoms with van der Waals surface area (Å²) >= 11 is 0. The number of carboxylic acids is 1. The fourth-order valence-electron chi connectivity index (χ4n) is 12.5. The zero-order chi connectivity index (χ0) is 43.1. The average molecular weight is 829 g/mol. The maximum atomic E-state index is 12.2. The Kier molecular flexibility index (Phi) is 13.3. The molecule has 6 aliphatic heterocycles. The molecule has 58 heavy (non-hydrogen) atoms. The van der Waals surface area contributed by atoms with E-state index in [2.05, 4.69) is 34.6 Å². The number of ether oxygens (including phenoxy) is 10. The first-order valence-corrected chi connectivity index (χ1v) is 21.8. The van der Waals surface area contributed by atoms with Gasteiger partial charge in [-0.1, -0.05) is 48.5 Å². The van der Waals surface area contributed by atoms with Gasteiger partial charge in [0, 0.05) is 82.7 Å². The summed E-state index contributed by atoms with van der Waals surface area (Å²) in [7, 11) is 6.70. The molecule has 6 fully saturated rings. The van der Waals surface area contributed by atoms with Crippen molar-refractivity contribution in [1.29, 1.82) is 0 Å². The van der Waals surface area contributed by atoms with E-state index in [0.717, 1.165) is 12.8 Å². The Balaban J connectivity index is 1.19. The molecule has 0 unspecified atom stereocenters. The van der Waals surface area contributed by atoms with E-state index in [1.54, 1.807) is 42.3 Å². The summed E-state index contributed by atoms with van der Waals surface area (Å²) < 4.78 is 65.4. The van der Waals surface area contributed by atoms with Crippen molar-refractivity contribution in [1.82, 2.24) is 0 Å². The van der Waals surface area contributed by atoms with E-state index < -0.39 is 76.9 Å². The minimum absolute atomic E-state index is 0.0300. The Morgan fingerprint density at radius 1 is 0.672 bits per heavy atom. The maximum Gasteiger partial charge on any atom is 0.311 e. The van der Waals surface area contributed by atoms with Crippen molar-refractivity contribution in [3.8, 4) is 0 Å². The zero-order valence-electron chi connectivity index (χ0n) is 37.8. The minimum Gasteiger partial charge on any atom is -0.481 e. The normalized spacial score (nSPS) is 54.8. The molecule has 1 spiro atoms. The molecular formula is C44H76O14. The number of aliphatic carboxylic acids is 1. The van der Waals surface area contributed by atoms with Crippen LogP contribution in [0.15, 0.2) is 0 Å². The van der Waals surface area contributed by atoms with Gasteiger partial charge in [0.1, 0.15) is 12.0 Å². The van der Waals surface area contributed by atoms with E-state index in [9.17, 15) is 20.1 Å². The summed E-state index contributed by atoms with van der Waals surface area (Å²) in [5.41, 5.74) is -1.32. The molecule has 0 aromatic carbocycles. The molecule has 6 heterocycles. The summed E-state index contributed by atoms with van der Waals surface area (Å²) in [6.07, 6.45) is -0.175. The molecule has 336 valence electrons. The monoisotopic (exact) mass is 829 g/mol. The maximum absolute atomic E-state index is 12.2. The third-order valence-electron chi connectivity index (χ3n) is 16.3. The third kappa shape index (κ3) is 7.62. The topological polar surface area (TPSA) is 170 Å². The van der Waals surface area contributed by atoms with Crippen LogP contribution >= 0.6 is 0 Å². The predicted molar refractivity (Wildman–Crippen MR) is 212 cm³/mol. The van der Waals surface area contributed by atoms with Crippen molar-refractivity contribution < 1.29 is 67.5 Å². The Labute approximate surface area is 346 Å². The highest BCUT2D eigenvalue weighted by Crippen LogP contribution is 2.55. The zero-order valence-corrected chi connectivity index (χ0v) is 37.8. The molecule has 6 aliphatic rings. The van der Waals surface area contributed by atoms with Crippen molar-refractivity contribution in [2.24, 2.45) is 47.3 Å². The summed E-state index contributed by atoms with van der Waals surface area (Å²) in [4.78, 5) is 12.2. The quantitative estimate of drug-likeness (QED) is 0.249. The predicted octanol–water partition coefficient (Wildman–Crippen LogP) is 5.17. The number of methoxy groups -OCH3 is 4. The number of hydrogen-bond donors (Lipinski definition) is 3. The second-order valence-corrected chi connectivity index (χ2v) is 19.9. The van der Waals surface area contributed by atoms with Crippen molar-refractivity contribution >= 4 is 5.97 Å². The van der Waals surface area contributed by atoms with E-state index in [1.807, 2.05) is 20.8 Å². The van der Waals surface area contributed by atoms with Gasteiger partial charge < -0.3 is 62.7 Å². The van der Waals surface area contributed by atoms with E-state index in [-0.39, 0.29) is 66.0 Å². The van der Waals surface area contributed by atoms with Crippen LogP contribution in [0.1, 0.15) is 108 Å². The van der Waals surface area contributed by atoms with Crippen LogP contribution < -0.4 is 0 Å². The molecule has 0 amide bonds. The average Bonchev–Trinajstić information content (AvgIpc) is 3.85. The molecular weight excluding hydrogens is 752 g/mol. The van der Waals surface area contributed by atoms with Crippen molar-refractivity contribution in [3.63, 3.8) is 0 Å². The molecule has 0 aromatic heterocycles. The van der Waals surface area contributed by atoms with E-state index >= 15 is 0 Å². The summed E-state index contributed by atoms with van der Waals surface area (Å²) in [6.45, 7) is 21.6. The molecule has 14 heteroatoms. The number of aliphatic hydroxyl groups is 2. The van der Waals surface area contributed by atoms with Gasteiger partial charge in [0.05, 0.1) is 66.1 Å². The largest absolute Gasteiger partial charge is 0.481 e. The Morgan fingerprint density at radius 2 is 1.28 bits per heavy atom. The number of carboxylic acid groups (broad SMARTS) is 1. The molecule has 3 N–H and O–H groups in total. The molecule has 23 atom stereocenters. The molecule has 6 rings (SSSR count). The van der Waals surface area contributed by atoms with E-state index in [0.29, 0.717) is 19.3 Å². The number of rotatable bonds is 11. The van der Waals surface area contributed by atoms with Gasteiger partial charge in [-0.15, -0.1) is 0 Å². The standard InChI is InChI=1S/C44H76O14/c1-21-29(49-12)20-43(56-31(21)22(2)32-23(3)34(51-14)27(7)44(48,57-32)28(8)39(45)46)19-18-40(9,58-43)30-16-17-41(10,54-30)38-25(5)35(52-15)37(53-38)36-24(4)33(50-13)26(6)42(11,47)55-36/h21-38,47-48H,16-20H2,1-15H3,(H,45,46)/t21-,22-,23+,24+,25+,26-,27-,28+,29+,30-,31+,32-,33+,34+,35-,36+,37-,38-,40+,41+,42+,43-,44-/m1/s1. The molecule has 14 nitrogen and oxygen atoms in total. The first-order chi connectivity index (χ1) is 27.0. The highest BCUT2D eigenvalue weighted by Gasteiger charge is 2.64. The fourth-order valence-corrected chi connectivity index (χ4v) is 12.5. The van der Waals surface area contributed by atoms with E-state index in [1.165, 1.54) is 6.92 Å². The number of carbonyl (C=O) groups is 1. The molecule has 0 radical (unpaired) electrons. The second-order valence-electron chi connectivity index (χ2n) is 19.9. The van der Waals surface area contributed by atoms with Gasteiger partial charge in [-0.3, -0.25) is 4.79 Å². The summed E-state index contributed by atoms with van der Waals surface area (Å²) in [5.74, 6) is -8.04. The Morgan fingerprint density at radius 3 is 1.86 bits per heavy atom. The Hall–Kier alpha value is -1.01. The van der Waals surface area contributed by atoms with Crippen LogP contribution in [-0.2, 0) is 52.2 Å². The van der Waals surface area contributed by atoms with Crippen LogP contribution in [0.3, 0.4) is 0 Å². The molecule has 6 saturated heterocycles. The van der Waals surface area contributed by atoms with Gasteiger partial charge in [0.25, 0.3) is 0 Å². The smallest absolute Gasteiger partial charge is 0.311 e.